The van der Waals surface area contributed by atoms with Crippen molar-refractivity contribution in [2.75, 3.05) is 23.5 Å². The van der Waals surface area contributed by atoms with Gasteiger partial charge in [-0.05, 0) is 62.3 Å². The molecule has 182 valence electrons. The Kier molecular flexibility index (Phi) is 8.67. The van der Waals surface area contributed by atoms with Crippen LogP contribution in [0.3, 0.4) is 0 Å². The van der Waals surface area contributed by atoms with Crippen LogP contribution in [0.15, 0.2) is 29.2 Å². The van der Waals surface area contributed by atoms with Crippen molar-refractivity contribution in [1.29, 1.82) is 0 Å². The Morgan fingerprint density at radius 1 is 1.03 bits per heavy atom. The van der Waals surface area contributed by atoms with Crippen molar-refractivity contribution < 1.29 is 19.1 Å². The van der Waals surface area contributed by atoms with Gasteiger partial charge >= 0.3 is 5.97 Å². The van der Waals surface area contributed by atoms with Crippen LogP contribution < -0.4 is 10.6 Å². The third-order valence-electron chi connectivity index (χ3n) is 6.51. The van der Waals surface area contributed by atoms with Crippen molar-refractivity contribution in [1.82, 2.24) is 0 Å². The summed E-state index contributed by atoms with van der Waals surface area (Å²) in [4.78, 5) is 39.9. The number of rotatable bonds is 7. The zero-order valence-electron chi connectivity index (χ0n) is 19.6. The van der Waals surface area contributed by atoms with Crippen LogP contribution in [0.4, 0.5) is 10.7 Å². The standard InChI is InChI=1S/C26H32N2O4S2/c1-32-26(31)23-20-13-6-3-7-14-21(20)34-25(23)28-22(29)16-33-19-12-8-11-18(15-19)27-24(30)17-9-4-2-5-10-17/h8,11-12,15,17H,2-7,9-10,13-14,16H2,1H3,(H,27,30)(H,28,29). The maximum absolute atomic E-state index is 12.8. The van der Waals surface area contributed by atoms with E-state index in [0.717, 1.165) is 73.9 Å². The molecule has 2 aromatic rings. The highest BCUT2D eigenvalue weighted by Crippen LogP contribution is 2.38. The molecule has 2 N–H and O–H groups in total. The molecule has 8 heteroatoms. The zero-order chi connectivity index (χ0) is 23.9. The second-order valence-electron chi connectivity index (χ2n) is 8.95. The van der Waals surface area contributed by atoms with Crippen molar-refractivity contribution in [2.24, 2.45) is 5.92 Å². The number of fused-ring (bicyclic) bond motifs is 1. The predicted molar refractivity (Wildman–Crippen MR) is 138 cm³/mol. The van der Waals surface area contributed by atoms with E-state index in [2.05, 4.69) is 10.6 Å². The number of amides is 2. The summed E-state index contributed by atoms with van der Waals surface area (Å²) in [6.07, 6.45) is 10.5. The monoisotopic (exact) mass is 500 g/mol. The van der Waals surface area contributed by atoms with Gasteiger partial charge in [-0.2, -0.15) is 0 Å². The molecule has 1 fully saturated rings. The fraction of sp³-hybridized carbons (Fsp3) is 0.500. The molecule has 2 aliphatic rings. The number of aryl methyl sites for hydroxylation is 1. The Bertz CT molecular complexity index is 1040. The Balaban J connectivity index is 1.37. The smallest absolute Gasteiger partial charge is 0.341 e. The number of thiophene rings is 1. The molecule has 0 atom stereocenters. The molecule has 2 aliphatic carbocycles. The number of hydrogen-bond donors (Lipinski definition) is 2. The highest BCUT2D eigenvalue weighted by atomic mass is 32.2. The number of esters is 1. The summed E-state index contributed by atoms with van der Waals surface area (Å²) in [5.41, 5.74) is 2.32. The lowest BCUT2D eigenvalue weighted by atomic mass is 9.88. The van der Waals surface area contributed by atoms with Gasteiger partial charge in [0.15, 0.2) is 0 Å². The highest BCUT2D eigenvalue weighted by molar-refractivity contribution is 8.00. The van der Waals surface area contributed by atoms with E-state index in [1.165, 1.54) is 41.5 Å². The summed E-state index contributed by atoms with van der Waals surface area (Å²) >= 11 is 2.91. The third-order valence-corrected chi connectivity index (χ3v) is 8.71. The van der Waals surface area contributed by atoms with Gasteiger partial charge in [0.05, 0.1) is 18.4 Å². The lowest BCUT2D eigenvalue weighted by Crippen LogP contribution is -2.24. The minimum Gasteiger partial charge on any atom is -0.465 e. The van der Waals surface area contributed by atoms with E-state index in [9.17, 15) is 14.4 Å². The molecule has 6 nitrogen and oxygen atoms in total. The lowest BCUT2D eigenvalue weighted by Gasteiger charge is -2.20. The number of thioether (sulfide) groups is 1. The zero-order valence-corrected chi connectivity index (χ0v) is 21.2. The van der Waals surface area contributed by atoms with E-state index in [1.54, 1.807) is 0 Å². The Labute approximate surface area is 209 Å². The molecule has 0 unspecified atom stereocenters. The maximum atomic E-state index is 12.8. The van der Waals surface area contributed by atoms with E-state index >= 15 is 0 Å². The van der Waals surface area contributed by atoms with Crippen LogP contribution in [0.5, 0.6) is 0 Å². The van der Waals surface area contributed by atoms with Crippen LogP contribution in [0.25, 0.3) is 0 Å². The van der Waals surface area contributed by atoms with Crippen LogP contribution in [0.2, 0.25) is 0 Å². The summed E-state index contributed by atoms with van der Waals surface area (Å²) in [5, 5.41) is 6.58. The van der Waals surface area contributed by atoms with Crippen LogP contribution in [-0.2, 0) is 27.2 Å². The first-order valence-electron chi connectivity index (χ1n) is 12.1. The Morgan fingerprint density at radius 2 is 1.79 bits per heavy atom. The number of methoxy groups -OCH3 is 1. The molecular formula is C26H32N2O4S2. The van der Waals surface area contributed by atoms with Crippen molar-refractivity contribution >= 4 is 51.6 Å². The first kappa shape index (κ1) is 24.8. The summed E-state index contributed by atoms with van der Waals surface area (Å²) in [6.45, 7) is 0. The molecule has 0 aliphatic heterocycles. The van der Waals surface area contributed by atoms with Gasteiger partial charge in [-0.3, -0.25) is 9.59 Å². The topological polar surface area (TPSA) is 84.5 Å². The van der Waals surface area contributed by atoms with Crippen LogP contribution in [-0.4, -0.2) is 30.6 Å². The summed E-state index contributed by atoms with van der Waals surface area (Å²) in [5.74, 6) is -0.149. The van der Waals surface area contributed by atoms with Gasteiger partial charge in [0.2, 0.25) is 11.8 Å². The molecule has 0 radical (unpaired) electrons. The number of anilines is 2. The van der Waals surface area contributed by atoms with E-state index in [-0.39, 0.29) is 29.5 Å². The predicted octanol–water partition coefficient (Wildman–Crippen LogP) is 6.05. The lowest BCUT2D eigenvalue weighted by molar-refractivity contribution is -0.120. The minimum absolute atomic E-state index is 0.0902. The molecule has 34 heavy (non-hydrogen) atoms. The molecule has 1 saturated carbocycles. The van der Waals surface area contributed by atoms with E-state index < -0.39 is 0 Å². The second kappa shape index (κ2) is 11.9. The molecule has 2 amide bonds. The van der Waals surface area contributed by atoms with Gasteiger partial charge in [0.25, 0.3) is 0 Å². The number of ether oxygens (including phenoxy) is 1. The van der Waals surface area contributed by atoms with E-state index in [4.69, 9.17) is 4.74 Å². The van der Waals surface area contributed by atoms with Crippen molar-refractivity contribution in [3.63, 3.8) is 0 Å². The molecule has 1 aromatic heterocycles. The average molecular weight is 501 g/mol. The molecule has 1 heterocycles. The van der Waals surface area contributed by atoms with E-state index in [0.29, 0.717) is 10.6 Å². The van der Waals surface area contributed by atoms with Gasteiger partial charge in [-0.15, -0.1) is 23.1 Å². The molecule has 0 bridgehead atoms. The first-order valence-corrected chi connectivity index (χ1v) is 13.9. The van der Waals surface area contributed by atoms with Gasteiger partial charge in [0, 0.05) is 21.4 Å². The average Bonchev–Trinajstić information content (AvgIpc) is 3.02. The molecular weight excluding hydrogens is 468 g/mol. The van der Waals surface area contributed by atoms with Crippen molar-refractivity contribution in [3.8, 4) is 0 Å². The van der Waals surface area contributed by atoms with Crippen LogP contribution in [0, 0.1) is 5.92 Å². The van der Waals surface area contributed by atoms with Gasteiger partial charge in [0.1, 0.15) is 5.00 Å². The summed E-state index contributed by atoms with van der Waals surface area (Å²) in [7, 11) is 1.38. The third kappa shape index (κ3) is 6.21. The quantitative estimate of drug-likeness (QED) is 0.274. The molecule has 0 spiro atoms. The van der Waals surface area contributed by atoms with Gasteiger partial charge in [-0.25, -0.2) is 4.79 Å². The number of benzene rings is 1. The first-order chi connectivity index (χ1) is 16.5. The maximum Gasteiger partial charge on any atom is 0.341 e. The number of carbonyl (C=O) groups is 3. The second-order valence-corrected chi connectivity index (χ2v) is 11.1. The highest BCUT2D eigenvalue weighted by Gasteiger charge is 2.26. The van der Waals surface area contributed by atoms with Crippen LogP contribution in [0.1, 0.15) is 72.2 Å². The number of hydrogen-bond acceptors (Lipinski definition) is 6. The van der Waals surface area contributed by atoms with Crippen molar-refractivity contribution in [3.05, 3.63) is 40.3 Å². The molecule has 1 aromatic carbocycles. The molecule has 0 saturated heterocycles. The fourth-order valence-corrected chi connectivity index (χ4v) is 6.78. The van der Waals surface area contributed by atoms with Gasteiger partial charge < -0.3 is 15.4 Å². The number of nitrogens with one attached hydrogen (secondary N) is 2. The van der Waals surface area contributed by atoms with E-state index in [1.807, 2.05) is 24.3 Å². The van der Waals surface area contributed by atoms with Crippen LogP contribution >= 0.6 is 23.1 Å². The number of carbonyl (C=O) groups excluding carboxylic acids is 3. The summed E-state index contributed by atoms with van der Waals surface area (Å²) in [6, 6.07) is 7.61. The largest absolute Gasteiger partial charge is 0.465 e. The van der Waals surface area contributed by atoms with Gasteiger partial charge in [-0.1, -0.05) is 31.7 Å². The van der Waals surface area contributed by atoms with Crippen molar-refractivity contribution in [2.45, 2.75) is 69.1 Å². The normalized spacial score (nSPS) is 16.3. The Morgan fingerprint density at radius 3 is 2.59 bits per heavy atom. The fourth-order valence-electron chi connectivity index (χ4n) is 4.73. The summed E-state index contributed by atoms with van der Waals surface area (Å²) < 4.78 is 5.02. The SMILES string of the molecule is COC(=O)c1c(NC(=O)CSc2cccc(NC(=O)C3CCCCC3)c2)sc2c1CCCCC2. The molecule has 4 rings (SSSR count). The minimum atomic E-state index is -0.385. The Hall–Kier alpha value is -2.32.